The molecule has 0 amide bonds. The van der Waals surface area contributed by atoms with Gasteiger partial charge in [-0.05, 0) is 19.4 Å². The Labute approximate surface area is 91.3 Å². The van der Waals surface area contributed by atoms with Crippen LogP contribution in [0.15, 0.2) is 18.5 Å². The first kappa shape index (κ1) is 11.6. The number of aromatic nitrogens is 1. The normalized spacial score (nSPS) is 9.47. The largest absolute Gasteiger partial charge is 0.353 e. The Kier molecular flexibility index (Phi) is 4.70. The predicted octanol–water partition coefficient (Wildman–Crippen LogP) is 2.88. The van der Waals surface area contributed by atoms with E-state index in [0.717, 1.165) is 24.9 Å². The topological polar surface area (TPSA) is 22.0 Å². The van der Waals surface area contributed by atoms with Crippen LogP contribution in [0.5, 0.6) is 0 Å². The summed E-state index contributed by atoms with van der Waals surface area (Å²) in [6, 6.07) is 1.89. The number of nitrogens with zero attached hydrogens (tertiary/aromatic N) is 1. The minimum absolute atomic E-state index is 0.234. The average Bonchev–Trinajstić information content (AvgIpc) is 2.67. The molecule has 0 unspecified atom stereocenters. The van der Waals surface area contributed by atoms with E-state index in [1.807, 2.05) is 36.9 Å². The third kappa shape index (κ3) is 3.63. The van der Waals surface area contributed by atoms with Gasteiger partial charge < -0.3 is 4.57 Å². The van der Waals surface area contributed by atoms with Crippen molar-refractivity contribution in [3.63, 3.8) is 0 Å². The van der Waals surface area contributed by atoms with E-state index in [-0.39, 0.29) is 5.78 Å². The van der Waals surface area contributed by atoms with Gasteiger partial charge in [-0.1, -0.05) is 6.92 Å². The molecular formula is C13H17NO. The van der Waals surface area contributed by atoms with Gasteiger partial charge in [-0.3, -0.25) is 4.79 Å². The number of ketones is 1. The quantitative estimate of drug-likeness (QED) is 0.532. The molecule has 1 rings (SSSR count). The van der Waals surface area contributed by atoms with Crippen molar-refractivity contribution in [1.29, 1.82) is 0 Å². The number of Topliss-reactive ketones (excluding diaryl/α,β-unsaturated/α-hetero) is 1. The zero-order chi connectivity index (χ0) is 11.1. The first-order valence-corrected chi connectivity index (χ1v) is 5.36. The van der Waals surface area contributed by atoms with E-state index in [2.05, 4.69) is 11.8 Å². The van der Waals surface area contributed by atoms with E-state index < -0.39 is 0 Å². The van der Waals surface area contributed by atoms with Gasteiger partial charge in [0.2, 0.25) is 0 Å². The first-order chi connectivity index (χ1) is 7.27. The Morgan fingerprint density at radius 2 is 2.33 bits per heavy atom. The molecule has 0 saturated heterocycles. The molecule has 0 atom stereocenters. The second kappa shape index (κ2) is 6.08. The number of rotatable bonds is 5. The highest BCUT2D eigenvalue weighted by Gasteiger charge is 2.05. The average molecular weight is 203 g/mol. The highest BCUT2D eigenvalue weighted by Crippen LogP contribution is 2.06. The molecule has 0 N–H and O–H groups in total. The summed E-state index contributed by atoms with van der Waals surface area (Å²) >= 11 is 0. The van der Waals surface area contributed by atoms with Gasteiger partial charge in [-0.2, -0.15) is 0 Å². The third-order valence-electron chi connectivity index (χ3n) is 2.22. The van der Waals surface area contributed by atoms with Crippen LogP contribution in [0.3, 0.4) is 0 Å². The molecule has 80 valence electrons. The second-order valence-corrected chi connectivity index (χ2v) is 3.49. The van der Waals surface area contributed by atoms with Crippen molar-refractivity contribution >= 4 is 5.78 Å². The van der Waals surface area contributed by atoms with E-state index in [1.54, 1.807) is 0 Å². The summed E-state index contributed by atoms with van der Waals surface area (Å²) in [5.41, 5.74) is 0.821. The lowest BCUT2D eigenvalue weighted by Gasteiger charge is -1.97. The van der Waals surface area contributed by atoms with Crippen LogP contribution in [-0.4, -0.2) is 10.4 Å². The molecule has 2 nitrogen and oxygen atoms in total. The van der Waals surface area contributed by atoms with E-state index in [9.17, 15) is 4.79 Å². The van der Waals surface area contributed by atoms with Gasteiger partial charge in [-0.15, -0.1) is 11.8 Å². The van der Waals surface area contributed by atoms with Crippen molar-refractivity contribution in [1.82, 2.24) is 4.57 Å². The lowest BCUT2D eigenvalue weighted by Crippen LogP contribution is -1.97. The molecular weight excluding hydrogens is 186 g/mol. The fourth-order valence-corrected chi connectivity index (χ4v) is 1.43. The van der Waals surface area contributed by atoms with Crippen LogP contribution >= 0.6 is 0 Å². The van der Waals surface area contributed by atoms with Gasteiger partial charge in [0, 0.05) is 37.3 Å². The molecule has 0 spiro atoms. The monoisotopic (exact) mass is 203 g/mol. The number of aryl methyl sites for hydroxylation is 1. The predicted molar refractivity (Wildman–Crippen MR) is 61.7 cm³/mol. The smallest absolute Gasteiger partial charge is 0.164 e. The summed E-state index contributed by atoms with van der Waals surface area (Å²) in [4.78, 5) is 11.5. The zero-order valence-electron chi connectivity index (χ0n) is 9.42. The molecule has 1 aromatic rings. The van der Waals surface area contributed by atoms with Crippen LogP contribution in [0.4, 0.5) is 0 Å². The van der Waals surface area contributed by atoms with Crippen LogP contribution in [0, 0.1) is 11.8 Å². The van der Waals surface area contributed by atoms with Crippen LogP contribution in [0.2, 0.25) is 0 Å². The Morgan fingerprint density at radius 3 is 3.00 bits per heavy atom. The van der Waals surface area contributed by atoms with E-state index in [4.69, 9.17) is 0 Å². The number of carbonyl (C=O) groups is 1. The molecule has 1 heterocycles. The van der Waals surface area contributed by atoms with Gasteiger partial charge in [0.1, 0.15) is 0 Å². The number of hydrogen-bond acceptors (Lipinski definition) is 1. The molecule has 0 aromatic carbocycles. The number of hydrogen-bond donors (Lipinski definition) is 0. The van der Waals surface area contributed by atoms with E-state index >= 15 is 0 Å². The Hall–Kier alpha value is -1.49. The highest BCUT2D eigenvalue weighted by molar-refractivity contribution is 5.95. The van der Waals surface area contributed by atoms with Crippen LogP contribution < -0.4 is 0 Å². The molecule has 0 fully saturated rings. The fraction of sp³-hybridized carbons (Fsp3) is 0.462. The summed E-state index contributed by atoms with van der Waals surface area (Å²) in [5.74, 6) is 6.10. The van der Waals surface area contributed by atoms with Crippen molar-refractivity contribution in [2.75, 3.05) is 0 Å². The van der Waals surface area contributed by atoms with Crippen molar-refractivity contribution in [3.05, 3.63) is 24.0 Å². The highest BCUT2D eigenvalue weighted by atomic mass is 16.1. The van der Waals surface area contributed by atoms with E-state index in [1.165, 1.54) is 0 Å². The minimum atomic E-state index is 0.234. The van der Waals surface area contributed by atoms with Crippen molar-refractivity contribution in [2.24, 2.45) is 0 Å². The van der Waals surface area contributed by atoms with E-state index in [0.29, 0.717) is 6.42 Å². The Morgan fingerprint density at radius 1 is 1.53 bits per heavy atom. The molecule has 0 radical (unpaired) electrons. The van der Waals surface area contributed by atoms with Gasteiger partial charge in [0.15, 0.2) is 5.78 Å². The SMILES string of the molecule is CC#CCCn1ccc(C(=O)CCC)c1. The first-order valence-electron chi connectivity index (χ1n) is 5.36. The van der Waals surface area contributed by atoms with Crippen LogP contribution in [0.25, 0.3) is 0 Å². The molecule has 1 aromatic heterocycles. The summed E-state index contributed by atoms with van der Waals surface area (Å²) < 4.78 is 2.02. The molecule has 0 saturated carbocycles. The molecule has 2 heteroatoms. The number of carbonyl (C=O) groups excluding carboxylic acids is 1. The minimum Gasteiger partial charge on any atom is -0.353 e. The Bertz CT molecular complexity index is 379. The fourth-order valence-electron chi connectivity index (χ4n) is 1.43. The second-order valence-electron chi connectivity index (χ2n) is 3.49. The molecule has 0 bridgehead atoms. The van der Waals surface area contributed by atoms with Crippen LogP contribution in [0.1, 0.15) is 43.5 Å². The summed E-state index contributed by atoms with van der Waals surface area (Å²) in [6.07, 6.45) is 6.24. The Balaban J connectivity index is 2.54. The molecule has 0 aliphatic carbocycles. The van der Waals surface area contributed by atoms with Crippen molar-refractivity contribution < 1.29 is 4.79 Å². The molecule has 0 aliphatic rings. The van der Waals surface area contributed by atoms with Gasteiger partial charge in [0.25, 0.3) is 0 Å². The van der Waals surface area contributed by atoms with Gasteiger partial charge >= 0.3 is 0 Å². The third-order valence-corrected chi connectivity index (χ3v) is 2.22. The maximum absolute atomic E-state index is 11.5. The maximum atomic E-state index is 11.5. The molecule has 15 heavy (non-hydrogen) atoms. The van der Waals surface area contributed by atoms with Crippen molar-refractivity contribution in [2.45, 2.75) is 39.7 Å². The standard InChI is InChI=1S/C13H17NO/c1-3-5-6-9-14-10-8-12(11-14)13(15)7-4-2/h8,10-11H,4,6-7,9H2,1-2H3. The zero-order valence-corrected chi connectivity index (χ0v) is 9.42. The lowest BCUT2D eigenvalue weighted by molar-refractivity contribution is 0.0981. The summed E-state index contributed by atoms with van der Waals surface area (Å²) in [5, 5.41) is 0. The van der Waals surface area contributed by atoms with Gasteiger partial charge in [0.05, 0.1) is 0 Å². The maximum Gasteiger partial charge on any atom is 0.164 e. The molecule has 0 aliphatic heterocycles. The lowest BCUT2D eigenvalue weighted by atomic mass is 10.1. The van der Waals surface area contributed by atoms with Crippen molar-refractivity contribution in [3.8, 4) is 11.8 Å². The summed E-state index contributed by atoms with van der Waals surface area (Å²) in [7, 11) is 0. The summed E-state index contributed by atoms with van der Waals surface area (Å²) in [6.45, 7) is 4.72. The van der Waals surface area contributed by atoms with Gasteiger partial charge in [-0.25, -0.2) is 0 Å². The van der Waals surface area contributed by atoms with Crippen LogP contribution in [-0.2, 0) is 6.54 Å².